The standard InChI is InChI=1S/C9H20ClNS/c1-3-12-6-4-5-11-8-9(2)7-10/h9,11H,3-8H2,1-2H3. The highest BCUT2D eigenvalue weighted by atomic mass is 35.5. The Labute approximate surface area is 85.6 Å². The first-order valence-electron chi connectivity index (χ1n) is 4.65. The van der Waals surface area contributed by atoms with E-state index in [0.717, 1.165) is 19.0 Å². The molecule has 0 bridgehead atoms. The first kappa shape index (κ1) is 12.6. The van der Waals surface area contributed by atoms with Crippen LogP contribution in [0.5, 0.6) is 0 Å². The maximum atomic E-state index is 5.67. The van der Waals surface area contributed by atoms with Crippen LogP contribution in [0.25, 0.3) is 0 Å². The van der Waals surface area contributed by atoms with Gasteiger partial charge in [-0.1, -0.05) is 13.8 Å². The van der Waals surface area contributed by atoms with Crippen LogP contribution in [0.1, 0.15) is 20.3 Å². The van der Waals surface area contributed by atoms with E-state index < -0.39 is 0 Å². The van der Waals surface area contributed by atoms with Crippen molar-refractivity contribution in [3.63, 3.8) is 0 Å². The Balaban J connectivity index is 2.90. The molecule has 0 amide bonds. The predicted molar refractivity (Wildman–Crippen MR) is 60.4 cm³/mol. The van der Waals surface area contributed by atoms with Gasteiger partial charge in [0.15, 0.2) is 0 Å². The highest BCUT2D eigenvalue weighted by molar-refractivity contribution is 7.99. The van der Waals surface area contributed by atoms with Crippen LogP contribution in [0.15, 0.2) is 0 Å². The van der Waals surface area contributed by atoms with Crippen LogP contribution < -0.4 is 5.32 Å². The summed E-state index contributed by atoms with van der Waals surface area (Å²) in [7, 11) is 0. The SMILES string of the molecule is CCSCCCNCC(C)CCl. The normalized spacial score (nSPS) is 13.2. The van der Waals surface area contributed by atoms with Crippen LogP contribution in [-0.2, 0) is 0 Å². The molecule has 1 N–H and O–H groups in total. The van der Waals surface area contributed by atoms with Gasteiger partial charge in [-0.2, -0.15) is 11.8 Å². The lowest BCUT2D eigenvalue weighted by Crippen LogP contribution is -2.23. The van der Waals surface area contributed by atoms with Gasteiger partial charge in [0, 0.05) is 5.88 Å². The van der Waals surface area contributed by atoms with Crippen LogP contribution >= 0.6 is 23.4 Å². The van der Waals surface area contributed by atoms with Gasteiger partial charge < -0.3 is 5.32 Å². The number of hydrogen-bond donors (Lipinski definition) is 1. The number of alkyl halides is 1. The number of rotatable bonds is 8. The van der Waals surface area contributed by atoms with Crippen molar-refractivity contribution in [2.45, 2.75) is 20.3 Å². The second kappa shape index (κ2) is 9.69. The van der Waals surface area contributed by atoms with E-state index >= 15 is 0 Å². The van der Waals surface area contributed by atoms with Crippen LogP contribution in [0.3, 0.4) is 0 Å². The molecule has 0 aliphatic rings. The molecule has 3 heteroatoms. The molecule has 1 unspecified atom stereocenters. The van der Waals surface area contributed by atoms with E-state index in [1.165, 1.54) is 17.9 Å². The Morgan fingerprint density at radius 1 is 1.50 bits per heavy atom. The minimum Gasteiger partial charge on any atom is -0.316 e. The summed E-state index contributed by atoms with van der Waals surface area (Å²) >= 11 is 7.68. The molecule has 0 aliphatic heterocycles. The van der Waals surface area contributed by atoms with Gasteiger partial charge in [-0.15, -0.1) is 11.6 Å². The lowest BCUT2D eigenvalue weighted by molar-refractivity contribution is 0.556. The molecule has 0 aromatic carbocycles. The molecule has 74 valence electrons. The van der Waals surface area contributed by atoms with Gasteiger partial charge in [0.05, 0.1) is 0 Å². The number of hydrogen-bond acceptors (Lipinski definition) is 2. The summed E-state index contributed by atoms with van der Waals surface area (Å²) in [5, 5.41) is 3.40. The van der Waals surface area contributed by atoms with Gasteiger partial charge in [0.1, 0.15) is 0 Å². The molecule has 0 spiro atoms. The van der Waals surface area contributed by atoms with Crippen molar-refractivity contribution in [3.8, 4) is 0 Å². The highest BCUT2D eigenvalue weighted by Gasteiger charge is 1.97. The van der Waals surface area contributed by atoms with E-state index in [1.54, 1.807) is 0 Å². The summed E-state index contributed by atoms with van der Waals surface area (Å²) in [4.78, 5) is 0. The maximum absolute atomic E-state index is 5.67. The molecule has 0 aliphatic carbocycles. The third kappa shape index (κ3) is 8.69. The lowest BCUT2D eigenvalue weighted by atomic mass is 10.2. The molecule has 0 heterocycles. The molecule has 1 atom stereocenters. The average molecular weight is 210 g/mol. The van der Waals surface area contributed by atoms with Crippen molar-refractivity contribution < 1.29 is 0 Å². The van der Waals surface area contributed by atoms with Crippen molar-refractivity contribution in [2.24, 2.45) is 5.92 Å². The van der Waals surface area contributed by atoms with Crippen LogP contribution in [-0.4, -0.2) is 30.5 Å². The van der Waals surface area contributed by atoms with E-state index in [0.29, 0.717) is 5.92 Å². The van der Waals surface area contributed by atoms with Crippen molar-refractivity contribution in [3.05, 3.63) is 0 Å². The predicted octanol–water partition coefficient (Wildman–Crippen LogP) is 2.59. The van der Waals surface area contributed by atoms with Crippen LogP contribution in [0.2, 0.25) is 0 Å². The minimum absolute atomic E-state index is 0.602. The van der Waals surface area contributed by atoms with Crippen LogP contribution in [0.4, 0.5) is 0 Å². The first-order valence-corrected chi connectivity index (χ1v) is 6.34. The minimum atomic E-state index is 0.602. The third-order valence-corrected chi connectivity index (χ3v) is 3.11. The van der Waals surface area contributed by atoms with E-state index in [1.807, 2.05) is 11.8 Å². The van der Waals surface area contributed by atoms with Gasteiger partial charge in [-0.3, -0.25) is 0 Å². The topological polar surface area (TPSA) is 12.0 Å². The molecule has 0 aromatic rings. The Kier molecular flexibility index (Phi) is 10.2. The molecule has 0 radical (unpaired) electrons. The lowest BCUT2D eigenvalue weighted by Gasteiger charge is -2.08. The molecular weight excluding hydrogens is 190 g/mol. The van der Waals surface area contributed by atoms with E-state index in [2.05, 4.69) is 19.2 Å². The van der Waals surface area contributed by atoms with Gasteiger partial charge in [0.25, 0.3) is 0 Å². The molecule has 0 fully saturated rings. The molecular formula is C9H20ClNS. The molecule has 1 nitrogen and oxygen atoms in total. The van der Waals surface area contributed by atoms with Crippen molar-refractivity contribution in [1.82, 2.24) is 5.32 Å². The van der Waals surface area contributed by atoms with Crippen LogP contribution in [0, 0.1) is 5.92 Å². The summed E-state index contributed by atoms with van der Waals surface area (Å²) < 4.78 is 0. The Morgan fingerprint density at radius 3 is 2.83 bits per heavy atom. The number of nitrogens with one attached hydrogen (secondary N) is 1. The first-order chi connectivity index (χ1) is 5.81. The highest BCUT2D eigenvalue weighted by Crippen LogP contribution is 2.00. The second-order valence-corrected chi connectivity index (χ2v) is 4.72. The maximum Gasteiger partial charge on any atom is 0.0261 e. The van der Waals surface area contributed by atoms with Crippen molar-refractivity contribution >= 4 is 23.4 Å². The smallest absolute Gasteiger partial charge is 0.0261 e. The summed E-state index contributed by atoms with van der Waals surface area (Å²) in [5.41, 5.74) is 0. The molecule has 0 saturated carbocycles. The fourth-order valence-corrected chi connectivity index (χ4v) is 1.59. The fourth-order valence-electron chi connectivity index (χ4n) is 0.847. The molecule has 0 saturated heterocycles. The van der Waals surface area contributed by atoms with Gasteiger partial charge in [-0.05, 0) is 36.9 Å². The Hall–Kier alpha value is 0.600. The molecule has 0 rings (SSSR count). The quantitative estimate of drug-likeness (QED) is 0.487. The number of halogens is 1. The monoisotopic (exact) mass is 209 g/mol. The molecule has 12 heavy (non-hydrogen) atoms. The molecule has 0 aromatic heterocycles. The van der Waals surface area contributed by atoms with Crippen molar-refractivity contribution in [1.29, 1.82) is 0 Å². The zero-order valence-electron chi connectivity index (χ0n) is 8.11. The second-order valence-electron chi connectivity index (χ2n) is 3.01. The van der Waals surface area contributed by atoms with E-state index in [-0.39, 0.29) is 0 Å². The largest absolute Gasteiger partial charge is 0.316 e. The van der Waals surface area contributed by atoms with Gasteiger partial charge >= 0.3 is 0 Å². The third-order valence-electron chi connectivity index (χ3n) is 1.60. The summed E-state index contributed by atoms with van der Waals surface area (Å²) in [6.07, 6.45) is 1.27. The number of thioether (sulfide) groups is 1. The van der Waals surface area contributed by atoms with E-state index in [9.17, 15) is 0 Å². The average Bonchev–Trinajstić information content (AvgIpc) is 2.10. The summed E-state index contributed by atoms with van der Waals surface area (Å²) in [6, 6.07) is 0. The Morgan fingerprint density at radius 2 is 2.25 bits per heavy atom. The summed E-state index contributed by atoms with van der Waals surface area (Å²) in [6.45, 7) is 6.56. The van der Waals surface area contributed by atoms with Crippen molar-refractivity contribution in [2.75, 3.05) is 30.5 Å². The zero-order valence-corrected chi connectivity index (χ0v) is 9.68. The fraction of sp³-hybridized carbons (Fsp3) is 1.00. The van der Waals surface area contributed by atoms with Gasteiger partial charge in [0.2, 0.25) is 0 Å². The summed E-state index contributed by atoms with van der Waals surface area (Å²) in [5.74, 6) is 3.87. The Bertz CT molecular complexity index is 90.6. The van der Waals surface area contributed by atoms with Gasteiger partial charge in [-0.25, -0.2) is 0 Å². The zero-order chi connectivity index (χ0) is 9.23. The van der Waals surface area contributed by atoms with E-state index in [4.69, 9.17) is 11.6 Å².